The van der Waals surface area contributed by atoms with Crippen molar-refractivity contribution in [2.45, 2.75) is 25.8 Å². The van der Waals surface area contributed by atoms with Crippen LogP contribution < -0.4 is 5.32 Å². The topological polar surface area (TPSA) is 24.9 Å². The minimum Gasteiger partial charge on any atom is -0.309 e. The Morgan fingerprint density at radius 2 is 2.05 bits per heavy atom. The Morgan fingerprint density at radius 3 is 2.70 bits per heavy atom. The number of thiazole rings is 1. The van der Waals surface area contributed by atoms with E-state index in [1.165, 1.54) is 17.4 Å². The quantitative estimate of drug-likeness (QED) is 0.820. The highest BCUT2D eigenvalue weighted by Crippen LogP contribution is 2.25. The zero-order chi connectivity index (χ0) is 14.5. The number of aromatic nitrogens is 1. The number of halogens is 3. The van der Waals surface area contributed by atoms with Crippen molar-refractivity contribution in [1.29, 1.82) is 0 Å². The molecule has 0 spiro atoms. The normalized spacial score (nSPS) is 12.6. The lowest BCUT2D eigenvalue weighted by atomic mass is 10.0. The van der Waals surface area contributed by atoms with E-state index in [0.29, 0.717) is 13.0 Å². The fraction of sp³-hybridized carbons (Fsp3) is 0.357. The van der Waals surface area contributed by atoms with Gasteiger partial charge in [-0.3, -0.25) is 0 Å². The molecule has 0 amide bonds. The molecule has 0 fully saturated rings. The molecule has 1 aromatic carbocycles. The van der Waals surface area contributed by atoms with Crippen LogP contribution in [0.25, 0.3) is 0 Å². The van der Waals surface area contributed by atoms with Gasteiger partial charge in [0.15, 0.2) is 17.5 Å². The monoisotopic (exact) mass is 300 g/mol. The van der Waals surface area contributed by atoms with Crippen LogP contribution in [-0.4, -0.2) is 11.5 Å². The number of hydrogen-bond acceptors (Lipinski definition) is 3. The minimum atomic E-state index is -1.43. The molecule has 108 valence electrons. The van der Waals surface area contributed by atoms with Gasteiger partial charge in [0, 0.05) is 29.6 Å². The molecule has 0 radical (unpaired) electrons. The average molecular weight is 300 g/mol. The lowest BCUT2D eigenvalue weighted by Gasteiger charge is -2.19. The van der Waals surface area contributed by atoms with Gasteiger partial charge in [0.2, 0.25) is 0 Å². The molecule has 0 bridgehead atoms. The van der Waals surface area contributed by atoms with Crippen molar-refractivity contribution in [3.8, 4) is 0 Å². The second-order valence-corrected chi connectivity index (χ2v) is 5.38. The number of benzene rings is 1. The molecular weight excluding hydrogens is 285 g/mol. The number of nitrogens with zero attached hydrogens (tertiary/aromatic N) is 1. The summed E-state index contributed by atoms with van der Waals surface area (Å²) < 4.78 is 40.3. The molecule has 1 heterocycles. The van der Waals surface area contributed by atoms with E-state index in [1.54, 1.807) is 6.20 Å². The van der Waals surface area contributed by atoms with E-state index >= 15 is 0 Å². The number of rotatable bonds is 6. The third-order valence-corrected chi connectivity index (χ3v) is 3.75. The molecular formula is C14H15F3N2S. The van der Waals surface area contributed by atoms with Gasteiger partial charge in [-0.15, -0.1) is 11.3 Å². The van der Waals surface area contributed by atoms with Gasteiger partial charge in [-0.1, -0.05) is 13.0 Å². The van der Waals surface area contributed by atoms with Crippen LogP contribution in [0.3, 0.4) is 0 Å². The van der Waals surface area contributed by atoms with Gasteiger partial charge in [-0.25, -0.2) is 18.2 Å². The average Bonchev–Trinajstić information content (AvgIpc) is 2.94. The summed E-state index contributed by atoms with van der Waals surface area (Å²) in [6.07, 6.45) is 2.97. The highest BCUT2D eigenvalue weighted by molar-refractivity contribution is 7.09. The van der Waals surface area contributed by atoms with Gasteiger partial charge in [0.25, 0.3) is 0 Å². The second-order valence-electron chi connectivity index (χ2n) is 4.40. The van der Waals surface area contributed by atoms with Crippen LogP contribution in [0, 0.1) is 17.5 Å². The standard InChI is InChI=1S/C14H15F3N2S/c1-2-5-18-11(8-12-19-6-7-20-12)9-3-4-10(15)14(17)13(9)16/h3-4,6-7,11,18H,2,5,8H2,1H3. The van der Waals surface area contributed by atoms with E-state index in [-0.39, 0.29) is 5.56 Å². The molecule has 0 aliphatic rings. The summed E-state index contributed by atoms with van der Waals surface area (Å²) in [5, 5.41) is 5.80. The summed E-state index contributed by atoms with van der Waals surface area (Å²) in [7, 11) is 0. The van der Waals surface area contributed by atoms with Crippen molar-refractivity contribution >= 4 is 11.3 Å². The van der Waals surface area contributed by atoms with E-state index in [0.717, 1.165) is 17.5 Å². The molecule has 1 aromatic heterocycles. The molecule has 1 atom stereocenters. The molecule has 0 saturated carbocycles. The van der Waals surface area contributed by atoms with Crippen LogP contribution in [0.5, 0.6) is 0 Å². The van der Waals surface area contributed by atoms with Crippen LogP contribution in [0.1, 0.15) is 30.0 Å². The van der Waals surface area contributed by atoms with Crippen molar-refractivity contribution in [3.63, 3.8) is 0 Å². The van der Waals surface area contributed by atoms with E-state index < -0.39 is 23.5 Å². The Kier molecular flexibility index (Phi) is 5.14. The van der Waals surface area contributed by atoms with Gasteiger partial charge in [0.05, 0.1) is 5.01 Å². The molecule has 2 rings (SSSR count). The highest BCUT2D eigenvalue weighted by Gasteiger charge is 2.21. The number of hydrogen-bond donors (Lipinski definition) is 1. The summed E-state index contributed by atoms with van der Waals surface area (Å²) in [6.45, 7) is 2.64. The lowest BCUT2D eigenvalue weighted by molar-refractivity contribution is 0.423. The van der Waals surface area contributed by atoms with E-state index in [4.69, 9.17) is 0 Å². The Bertz CT molecular complexity index is 558. The van der Waals surface area contributed by atoms with Crippen LogP contribution in [0.2, 0.25) is 0 Å². The van der Waals surface area contributed by atoms with E-state index in [1.807, 2.05) is 12.3 Å². The van der Waals surface area contributed by atoms with Gasteiger partial charge in [-0.2, -0.15) is 0 Å². The first-order valence-electron chi connectivity index (χ1n) is 6.38. The van der Waals surface area contributed by atoms with Gasteiger partial charge in [-0.05, 0) is 19.0 Å². The SMILES string of the molecule is CCCNC(Cc1nccs1)c1ccc(F)c(F)c1F. The molecule has 6 heteroatoms. The third-order valence-electron chi connectivity index (χ3n) is 2.94. The van der Waals surface area contributed by atoms with Crippen LogP contribution in [-0.2, 0) is 6.42 Å². The predicted octanol–water partition coefficient (Wildman–Crippen LogP) is 3.84. The Balaban J connectivity index is 2.28. The maximum absolute atomic E-state index is 13.9. The van der Waals surface area contributed by atoms with Crippen molar-refractivity contribution in [2.75, 3.05) is 6.54 Å². The second kappa shape index (κ2) is 6.85. The largest absolute Gasteiger partial charge is 0.309 e. The molecule has 0 aliphatic heterocycles. The van der Waals surface area contributed by atoms with Crippen molar-refractivity contribution < 1.29 is 13.2 Å². The molecule has 1 N–H and O–H groups in total. The fourth-order valence-corrected chi connectivity index (χ4v) is 2.61. The third kappa shape index (κ3) is 3.37. The summed E-state index contributed by atoms with van der Waals surface area (Å²) >= 11 is 1.45. The van der Waals surface area contributed by atoms with Crippen molar-refractivity contribution in [2.24, 2.45) is 0 Å². The molecule has 0 saturated heterocycles. The zero-order valence-corrected chi connectivity index (χ0v) is 11.8. The maximum Gasteiger partial charge on any atom is 0.194 e. The fourth-order valence-electron chi connectivity index (χ4n) is 1.95. The number of nitrogens with one attached hydrogen (secondary N) is 1. The minimum absolute atomic E-state index is 0.132. The smallest absolute Gasteiger partial charge is 0.194 e. The molecule has 1 unspecified atom stereocenters. The van der Waals surface area contributed by atoms with Gasteiger partial charge < -0.3 is 5.32 Å². The highest BCUT2D eigenvalue weighted by atomic mass is 32.1. The first-order chi connectivity index (χ1) is 9.63. The van der Waals surface area contributed by atoms with Crippen molar-refractivity contribution in [3.05, 3.63) is 51.7 Å². The molecule has 2 nitrogen and oxygen atoms in total. The van der Waals surface area contributed by atoms with Crippen LogP contribution in [0.15, 0.2) is 23.7 Å². The van der Waals surface area contributed by atoms with E-state index in [9.17, 15) is 13.2 Å². The first-order valence-corrected chi connectivity index (χ1v) is 7.26. The van der Waals surface area contributed by atoms with E-state index in [2.05, 4.69) is 10.3 Å². The van der Waals surface area contributed by atoms with Crippen LogP contribution in [0.4, 0.5) is 13.2 Å². The Labute approximate surface area is 119 Å². The first kappa shape index (κ1) is 15.0. The van der Waals surface area contributed by atoms with Crippen molar-refractivity contribution in [1.82, 2.24) is 10.3 Å². The summed E-state index contributed by atoms with van der Waals surface area (Å²) in [5.74, 6) is -3.73. The predicted molar refractivity (Wildman–Crippen MR) is 73.2 cm³/mol. The summed E-state index contributed by atoms with van der Waals surface area (Å²) in [5.41, 5.74) is 0.132. The maximum atomic E-state index is 13.9. The molecule has 2 aromatic rings. The molecule has 20 heavy (non-hydrogen) atoms. The van der Waals surface area contributed by atoms with Crippen LogP contribution >= 0.6 is 11.3 Å². The Morgan fingerprint density at radius 1 is 1.25 bits per heavy atom. The van der Waals surface area contributed by atoms with Gasteiger partial charge in [0.1, 0.15) is 0 Å². The lowest BCUT2D eigenvalue weighted by Crippen LogP contribution is -2.25. The summed E-state index contributed by atoms with van der Waals surface area (Å²) in [6, 6.07) is 1.82. The van der Waals surface area contributed by atoms with Gasteiger partial charge >= 0.3 is 0 Å². The zero-order valence-electron chi connectivity index (χ0n) is 11.0. The Hall–Kier alpha value is -1.40. The molecule has 0 aliphatic carbocycles. The summed E-state index contributed by atoms with van der Waals surface area (Å²) in [4.78, 5) is 4.15.